The van der Waals surface area contributed by atoms with Crippen molar-refractivity contribution in [1.29, 1.82) is 0 Å². The number of benzene rings is 1. The highest BCUT2D eigenvalue weighted by Crippen LogP contribution is 2.31. The van der Waals surface area contributed by atoms with E-state index in [9.17, 15) is 9.59 Å². The Hall–Kier alpha value is -3.29. The molecule has 4 rings (SSSR count). The summed E-state index contributed by atoms with van der Waals surface area (Å²) in [5, 5.41) is 12.0. The summed E-state index contributed by atoms with van der Waals surface area (Å²) in [6.07, 6.45) is 2.95. The molecule has 1 amide bonds. The Morgan fingerprint density at radius 1 is 1.15 bits per heavy atom. The van der Waals surface area contributed by atoms with Crippen LogP contribution in [0.3, 0.4) is 0 Å². The van der Waals surface area contributed by atoms with E-state index in [0.717, 1.165) is 5.56 Å². The molecule has 8 heteroatoms. The quantitative estimate of drug-likeness (QED) is 0.706. The van der Waals surface area contributed by atoms with Crippen molar-refractivity contribution in [3.05, 3.63) is 76.2 Å². The number of hydrogen-bond donors (Lipinski definition) is 0. The fourth-order valence-electron chi connectivity index (χ4n) is 3.32. The summed E-state index contributed by atoms with van der Waals surface area (Å²) in [4.78, 5) is 27.3. The van der Waals surface area contributed by atoms with Gasteiger partial charge in [0.15, 0.2) is 5.82 Å². The van der Waals surface area contributed by atoms with E-state index >= 15 is 0 Å². The van der Waals surface area contributed by atoms with Gasteiger partial charge in [-0.05, 0) is 18.6 Å². The first-order valence-corrected chi connectivity index (χ1v) is 8.51. The van der Waals surface area contributed by atoms with Crippen molar-refractivity contribution in [2.24, 2.45) is 0 Å². The van der Waals surface area contributed by atoms with Crippen molar-refractivity contribution in [2.75, 3.05) is 6.54 Å². The molecule has 0 fully saturated rings. The smallest absolute Gasteiger partial charge is 0.322 e. The van der Waals surface area contributed by atoms with E-state index in [-0.39, 0.29) is 11.6 Å². The molecular weight excluding hydrogens is 332 g/mol. The van der Waals surface area contributed by atoms with E-state index in [0.29, 0.717) is 31.0 Å². The van der Waals surface area contributed by atoms with Crippen molar-refractivity contribution in [2.45, 2.75) is 26.1 Å². The number of carbonyl (C=O) groups excluding carboxylic acids is 1. The molecular formula is C18H18N6O2. The lowest BCUT2D eigenvalue weighted by Gasteiger charge is -2.35. The van der Waals surface area contributed by atoms with Crippen LogP contribution in [0.5, 0.6) is 0 Å². The Morgan fingerprint density at radius 2 is 1.96 bits per heavy atom. The summed E-state index contributed by atoms with van der Waals surface area (Å²) in [5.74, 6) is 0.433. The molecule has 0 aliphatic carbocycles. The van der Waals surface area contributed by atoms with Crippen LogP contribution in [0.15, 0.2) is 53.6 Å². The SMILES string of the molecule is CCn1nc2n(c1=O)CCN(C(=O)c1ccnnc1)[C@@H]2c1ccccc1. The minimum atomic E-state index is -0.425. The molecule has 1 aliphatic heterocycles. The van der Waals surface area contributed by atoms with Gasteiger partial charge in [0.05, 0.1) is 18.0 Å². The third-order valence-corrected chi connectivity index (χ3v) is 4.58. The lowest BCUT2D eigenvalue weighted by molar-refractivity contribution is 0.0656. The van der Waals surface area contributed by atoms with Gasteiger partial charge >= 0.3 is 5.69 Å². The normalized spacial score (nSPS) is 16.3. The maximum Gasteiger partial charge on any atom is 0.346 e. The van der Waals surface area contributed by atoms with Gasteiger partial charge in [-0.15, -0.1) is 0 Å². The Labute approximate surface area is 149 Å². The second-order valence-electron chi connectivity index (χ2n) is 6.05. The zero-order chi connectivity index (χ0) is 18.1. The summed E-state index contributed by atoms with van der Waals surface area (Å²) in [6, 6.07) is 10.9. The van der Waals surface area contributed by atoms with Crippen LogP contribution < -0.4 is 5.69 Å². The predicted molar refractivity (Wildman–Crippen MR) is 93.5 cm³/mol. The number of rotatable bonds is 3. The largest absolute Gasteiger partial charge is 0.346 e. The van der Waals surface area contributed by atoms with Crippen LogP contribution in [-0.2, 0) is 13.1 Å². The predicted octanol–water partition coefficient (Wildman–Crippen LogP) is 1.10. The van der Waals surface area contributed by atoms with E-state index in [1.807, 2.05) is 37.3 Å². The van der Waals surface area contributed by atoms with E-state index in [1.165, 1.54) is 17.1 Å². The van der Waals surface area contributed by atoms with Crippen molar-refractivity contribution in [1.82, 2.24) is 29.4 Å². The van der Waals surface area contributed by atoms with Gasteiger partial charge in [-0.1, -0.05) is 30.3 Å². The highest BCUT2D eigenvalue weighted by atomic mass is 16.2. The first-order chi connectivity index (χ1) is 12.7. The molecule has 132 valence electrons. The molecule has 26 heavy (non-hydrogen) atoms. The summed E-state index contributed by atoms with van der Waals surface area (Å²) in [6.45, 7) is 3.21. The van der Waals surface area contributed by atoms with E-state index in [4.69, 9.17) is 0 Å². The molecule has 0 N–H and O–H groups in total. The zero-order valence-corrected chi connectivity index (χ0v) is 14.3. The number of aromatic nitrogens is 5. The van der Waals surface area contributed by atoms with Crippen LogP contribution in [-0.4, -0.2) is 41.9 Å². The molecule has 0 bridgehead atoms. The third-order valence-electron chi connectivity index (χ3n) is 4.58. The van der Waals surface area contributed by atoms with E-state index in [1.54, 1.807) is 15.5 Å². The van der Waals surface area contributed by atoms with Crippen molar-refractivity contribution in [3.8, 4) is 0 Å². The van der Waals surface area contributed by atoms with Gasteiger partial charge < -0.3 is 4.90 Å². The second kappa shape index (κ2) is 6.55. The fourth-order valence-corrected chi connectivity index (χ4v) is 3.32. The Morgan fingerprint density at radius 3 is 2.65 bits per heavy atom. The van der Waals surface area contributed by atoms with Crippen LogP contribution >= 0.6 is 0 Å². The first-order valence-electron chi connectivity index (χ1n) is 8.51. The van der Waals surface area contributed by atoms with E-state index in [2.05, 4.69) is 15.3 Å². The van der Waals surface area contributed by atoms with Gasteiger partial charge in [-0.2, -0.15) is 15.3 Å². The molecule has 3 aromatic rings. The highest BCUT2D eigenvalue weighted by molar-refractivity contribution is 5.94. The molecule has 0 spiro atoms. The van der Waals surface area contributed by atoms with Gasteiger partial charge in [0.25, 0.3) is 5.91 Å². The van der Waals surface area contributed by atoms with Crippen molar-refractivity contribution in [3.63, 3.8) is 0 Å². The molecule has 1 aromatic carbocycles. The Bertz CT molecular complexity index is 980. The third kappa shape index (κ3) is 2.59. The number of carbonyl (C=O) groups is 1. The fraction of sp³-hybridized carbons (Fsp3) is 0.278. The number of hydrogen-bond acceptors (Lipinski definition) is 5. The number of aryl methyl sites for hydroxylation is 1. The molecule has 0 radical (unpaired) electrons. The van der Waals surface area contributed by atoms with Gasteiger partial charge in [-0.3, -0.25) is 9.36 Å². The Kier molecular flexibility index (Phi) is 4.08. The monoisotopic (exact) mass is 350 g/mol. The van der Waals surface area contributed by atoms with E-state index < -0.39 is 6.04 Å². The minimum Gasteiger partial charge on any atom is -0.322 e. The van der Waals surface area contributed by atoms with Crippen LogP contribution in [0.25, 0.3) is 0 Å². The van der Waals surface area contributed by atoms with Gasteiger partial charge in [0.2, 0.25) is 0 Å². The molecule has 2 aromatic heterocycles. The molecule has 8 nitrogen and oxygen atoms in total. The molecule has 0 saturated heterocycles. The average molecular weight is 350 g/mol. The average Bonchev–Trinajstić information content (AvgIpc) is 3.04. The number of nitrogens with zero attached hydrogens (tertiary/aromatic N) is 6. The van der Waals surface area contributed by atoms with Crippen molar-refractivity contribution >= 4 is 5.91 Å². The first kappa shape index (κ1) is 16.2. The summed E-state index contributed by atoms with van der Waals surface area (Å²) >= 11 is 0. The van der Waals surface area contributed by atoms with Crippen LogP contribution in [0.4, 0.5) is 0 Å². The molecule has 0 unspecified atom stereocenters. The summed E-state index contributed by atoms with van der Waals surface area (Å²) in [5.41, 5.74) is 1.24. The summed E-state index contributed by atoms with van der Waals surface area (Å²) in [7, 11) is 0. The maximum atomic E-state index is 13.1. The lowest BCUT2D eigenvalue weighted by atomic mass is 10.0. The van der Waals surface area contributed by atoms with Crippen LogP contribution in [0.2, 0.25) is 0 Å². The molecule has 0 saturated carbocycles. The maximum absolute atomic E-state index is 13.1. The molecule has 1 atom stereocenters. The van der Waals surface area contributed by atoms with Gasteiger partial charge in [0, 0.05) is 19.6 Å². The number of amides is 1. The highest BCUT2D eigenvalue weighted by Gasteiger charge is 2.36. The second-order valence-corrected chi connectivity index (χ2v) is 6.05. The van der Waals surface area contributed by atoms with Crippen LogP contribution in [0.1, 0.15) is 34.7 Å². The Balaban J connectivity index is 1.84. The summed E-state index contributed by atoms with van der Waals surface area (Å²) < 4.78 is 3.10. The standard InChI is InChI=1S/C18H18N6O2/c1-2-24-18(26)23-11-10-22(17(25)14-8-9-19-20-12-14)15(16(23)21-24)13-6-4-3-5-7-13/h3-9,12,15H,2,10-11H2,1H3/t15-/m1/s1. The van der Waals surface area contributed by atoms with Gasteiger partial charge in [0.1, 0.15) is 6.04 Å². The molecule has 3 heterocycles. The molecule has 1 aliphatic rings. The van der Waals surface area contributed by atoms with Crippen molar-refractivity contribution < 1.29 is 4.79 Å². The minimum absolute atomic E-state index is 0.138. The van der Waals surface area contributed by atoms with Crippen LogP contribution in [0, 0.1) is 0 Å². The topological polar surface area (TPSA) is 85.9 Å². The number of fused-ring (bicyclic) bond motifs is 1. The van der Waals surface area contributed by atoms with Gasteiger partial charge in [-0.25, -0.2) is 9.48 Å². The lowest BCUT2D eigenvalue weighted by Crippen LogP contribution is -2.44. The zero-order valence-electron chi connectivity index (χ0n) is 14.3.